The average molecular weight is 275 g/mol. The van der Waals surface area contributed by atoms with Crippen LogP contribution in [0.3, 0.4) is 0 Å². The minimum Gasteiger partial charge on any atom is -0.314 e. The Morgan fingerprint density at radius 1 is 0.950 bits per heavy atom. The van der Waals surface area contributed by atoms with Crippen molar-refractivity contribution >= 4 is 0 Å². The minimum absolute atomic E-state index is 0.256. The van der Waals surface area contributed by atoms with E-state index in [-0.39, 0.29) is 5.41 Å². The van der Waals surface area contributed by atoms with Gasteiger partial charge in [0.15, 0.2) is 0 Å². The maximum Gasteiger partial charge on any atom is 0.00701 e. The molecule has 0 bridgehead atoms. The standard InChI is InChI=1S/C19H33N/c1-6-8-18(20-15-7-2)14-11-16-9-12-17(13-10-16)19(3,4)5/h9-10,12-13,18,20H,6-8,11,14-15H2,1-5H3. The largest absolute Gasteiger partial charge is 0.314 e. The highest BCUT2D eigenvalue weighted by atomic mass is 14.9. The Morgan fingerprint density at radius 3 is 2.10 bits per heavy atom. The van der Waals surface area contributed by atoms with E-state index in [0.717, 1.165) is 6.54 Å². The summed E-state index contributed by atoms with van der Waals surface area (Å²) in [6, 6.07) is 9.89. The predicted molar refractivity (Wildman–Crippen MR) is 90.5 cm³/mol. The summed E-state index contributed by atoms with van der Waals surface area (Å²) in [6.45, 7) is 12.5. The Balaban J connectivity index is 2.51. The molecule has 1 unspecified atom stereocenters. The molecule has 20 heavy (non-hydrogen) atoms. The van der Waals surface area contributed by atoms with Gasteiger partial charge in [-0.1, -0.05) is 65.3 Å². The summed E-state index contributed by atoms with van der Waals surface area (Å²) in [5.41, 5.74) is 3.15. The van der Waals surface area contributed by atoms with Gasteiger partial charge in [-0.25, -0.2) is 0 Å². The van der Waals surface area contributed by atoms with Gasteiger partial charge in [0.2, 0.25) is 0 Å². The molecule has 1 aromatic carbocycles. The van der Waals surface area contributed by atoms with Crippen molar-refractivity contribution in [1.82, 2.24) is 5.32 Å². The van der Waals surface area contributed by atoms with Gasteiger partial charge in [-0.3, -0.25) is 0 Å². The van der Waals surface area contributed by atoms with Crippen molar-refractivity contribution in [1.29, 1.82) is 0 Å². The van der Waals surface area contributed by atoms with Gasteiger partial charge in [0.1, 0.15) is 0 Å². The van der Waals surface area contributed by atoms with E-state index in [4.69, 9.17) is 0 Å². The summed E-state index contributed by atoms with van der Waals surface area (Å²) in [6.07, 6.45) is 6.22. The van der Waals surface area contributed by atoms with Crippen molar-refractivity contribution < 1.29 is 0 Å². The van der Waals surface area contributed by atoms with Gasteiger partial charge in [-0.05, 0) is 48.8 Å². The first-order chi connectivity index (χ1) is 9.47. The molecule has 1 atom stereocenters. The van der Waals surface area contributed by atoms with E-state index in [1.54, 1.807) is 0 Å². The van der Waals surface area contributed by atoms with Crippen LogP contribution in [0.5, 0.6) is 0 Å². The molecule has 0 radical (unpaired) electrons. The molecular weight excluding hydrogens is 242 g/mol. The number of rotatable bonds is 8. The van der Waals surface area contributed by atoms with Crippen molar-refractivity contribution in [2.75, 3.05) is 6.54 Å². The Bertz CT molecular complexity index is 358. The molecule has 0 aliphatic heterocycles. The smallest absolute Gasteiger partial charge is 0.00701 e. The van der Waals surface area contributed by atoms with Gasteiger partial charge < -0.3 is 5.32 Å². The van der Waals surface area contributed by atoms with E-state index in [0.29, 0.717) is 6.04 Å². The highest BCUT2D eigenvalue weighted by molar-refractivity contribution is 5.27. The van der Waals surface area contributed by atoms with Gasteiger partial charge in [-0.2, -0.15) is 0 Å². The van der Waals surface area contributed by atoms with Crippen LogP contribution in [0.15, 0.2) is 24.3 Å². The van der Waals surface area contributed by atoms with Crippen LogP contribution in [-0.4, -0.2) is 12.6 Å². The number of benzene rings is 1. The normalized spacial score (nSPS) is 13.4. The summed E-state index contributed by atoms with van der Waals surface area (Å²) < 4.78 is 0. The molecule has 1 heteroatoms. The molecule has 1 N–H and O–H groups in total. The molecular formula is C19H33N. The van der Waals surface area contributed by atoms with Crippen molar-refractivity contribution in [3.63, 3.8) is 0 Å². The lowest BCUT2D eigenvalue weighted by Crippen LogP contribution is -2.30. The zero-order chi connectivity index (χ0) is 15.0. The lowest BCUT2D eigenvalue weighted by atomic mass is 9.86. The third-order valence-electron chi connectivity index (χ3n) is 3.92. The van der Waals surface area contributed by atoms with Crippen molar-refractivity contribution in [3.8, 4) is 0 Å². The van der Waals surface area contributed by atoms with Crippen LogP contribution in [0.25, 0.3) is 0 Å². The number of hydrogen-bond donors (Lipinski definition) is 1. The lowest BCUT2D eigenvalue weighted by Gasteiger charge is -2.20. The maximum atomic E-state index is 3.68. The van der Waals surface area contributed by atoms with E-state index in [1.165, 1.54) is 43.2 Å². The second-order valence-electron chi connectivity index (χ2n) is 6.93. The average Bonchev–Trinajstić information content (AvgIpc) is 2.41. The summed E-state index contributed by atoms with van der Waals surface area (Å²) in [7, 11) is 0. The van der Waals surface area contributed by atoms with Crippen LogP contribution in [0.2, 0.25) is 0 Å². The molecule has 1 nitrogen and oxygen atoms in total. The Morgan fingerprint density at radius 2 is 1.60 bits per heavy atom. The fraction of sp³-hybridized carbons (Fsp3) is 0.684. The molecule has 0 fully saturated rings. The second kappa shape index (κ2) is 8.46. The van der Waals surface area contributed by atoms with Crippen LogP contribution in [-0.2, 0) is 11.8 Å². The highest BCUT2D eigenvalue weighted by Gasteiger charge is 2.13. The molecule has 1 rings (SSSR count). The molecule has 0 saturated carbocycles. The lowest BCUT2D eigenvalue weighted by molar-refractivity contribution is 0.449. The molecule has 114 valence electrons. The van der Waals surface area contributed by atoms with E-state index < -0.39 is 0 Å². The SMILES string of the molecule is CCCNC(CCC)CCc1ccc(C(C)(C)C)cc1. The third kappa shape index (κ3) is 6.09. The second-order valence-corrected chi connectivity index (χ2v) is 6.93. The fourth-order valence-corrected chi connectivity index (χ4v) is 2.56. The molecule has 0 aromatic heterocycles. The Kier molecular flexibility index (Phi) is 7.29. The maximum absolute atomic E-state index is 3.68. The quantitative estimate of drug-likeness (QED) is 0.697. The van der Waals surface area contributed by atoms with Crippen molar-refractivity contribution in [2.45, 2.75) is 78.2 Å². The fourth-order valence-electron chi connectivity index (χ4n) is 2.56. The zero-order valence-corrected chi connectivity index (χ0v) is 14.1. The van der Waals surface area contributed by atoms with Crippen LogP contribution in [0.4, 0.5) is 0 Å². The summed E-state index contributed by atoms with van der Waals surface area (Å²) in [5.74, 6) is 0. The molecule has 0 spiro atoms. The summed E-state index contributed by atoms with van der Waals surface area (Å²) in [4.78, 5) is 0. The van der Waals surface area contributed by atoms with Gasteiger partial charge in [-0.15, -0.1) is 0 Å². The first-order valence-corrected chi connectivity index (χ1v) is 8.30. The molecule has 0 amide bonds. The van der Waals surface area contributed by atoms with E-state index in [2.05, 4.69) is 64.2 Å². The molecule has 0 saturated heterocycles. The molecule has 0 aliphatic carbocycles. The van der Waals surface area contributed by atoms with E-state index in [1.807, 2.05) is 0 Å². The molecule has 0 heterocycles. The van der Waals surface area contributed by atoms with Crippen LogP contribution >= 0.6 is 0 Å². The number of nitrogens with one attached hydrogen (secondary N) is 1. The predicted octanol–water partition coefficient (Wildman–Crippen LogP) is 5.09. The van der Waals surface area contributed by atoms with Gasteiger partial charge in [0.05, 0.1) is 0 Å². The van der Waals surface area contributed by atoms with Gasteiger partial charge in [0, 0.05) is 6.04 Å². The first-order valence-electron chi connectivity index (χ1n) is 8.30. The van der Waals surface area contributed by atoms with Crippen LogP contribution in [0, 0.1) is 0 Å². The first kappa shape index (κ1) is 17.2. The number of hydrogen-bond acceptors (Lipinski definition) is 1. The molecule has 1 aromatic rings. The zero-order valence-electron chi connectivity index (χ0n) is 14.1. The topological polar surface area (TPSA) is 12.0 Å². The minimum atomic E-state index is 0.256. The van der Waals surface area contributed by atoms with Crippen LogP contribution in [0.1, 0.15) is 71.4 Å². The van der Waals surface area contributed by atoms with E-state index >= 15 is 0 Å². The van der Waals surface area contributed by atoms with Gasteiger partial charge >= 0.3 is 0 Å². The monoisotopic (exact) mass is 275 g/mol. The summed E-state index contributed by atoms with van der Waals surface area (Å²) >= 11 is 0. The summed E-state index contributed by atoms with van der Waals surface area (Å²) in [5, 5.41) is 3.68. The molecule has 0 aliphatic rings. The van der Waals surface area contributed by atoms with Crippen LogP contribution < -0.4 is 5.32 Å². The van der Waals surface area contributed by atoms with Gasteiger partial charge in [0.25, 0.3) is 0 Å². The number of aryl methyl sites for hydroxylation is 1. The van der Waals surface area contributed by atoms with E-state index in [9.17, 15) is 0 Å². The third-order valence-corrected chi connectivity index (χ3v) is 3.92. The Hall–Kier alpha value is -0.820. The van der Waals surface area contributed by atoms with Crippen molar-refractivity contribution in [3.05, 3.63) is 35.4 Å². The highest BCUT2D eigenvalue weighted by Crippen LogP contribution is 2.22. The van der Waals surface area contributed by atoms with Crippen molar-refractivity contribution in [2.24, 2.45) is 0 Å². The Labute approximate surface area is 126 Å².